The molecular weight excluding hydrogens is 248 g/mol. The average Bonchev–Trinajstić information content (AvgIpc) is 2.29. The Balaban J connectivity index is 0.00000162. The van der Waals surface area contributed by atoms with Crippen molar-refractivity contribution in [2.45, 2.75) is 0 Å². The summed E-state index contributed by atoms with van der Waals surface area (Å²) in [6.45, 7) is 0. The first-order valence-corrected chi connectivity index (χ1v) is 5.38. The highest BCUT2D eigenvalue weighted by Gasteiger charge is 2.09. The van der Waals surface area contributed by atoms with Crippen molar-refractivity contribution in [3.8, 4) is 11.1 Å². The third-order valence-electron chi connectivity index (χ3n) is 2.62. The molecule has 1 aromatic heterocycles. The van der Waals surface area contributed by atoms with Gasteiger partial charge >= 0.3 is 0 Å². The molecule has 1 heterocycles. The van der Waals surface area contributed by atoms with Gasteiger partial charge in [-0.15, -0.1) is 12.4 Å². The lowest BCUT2D eigenvalue weighted by Gasteiger charge is -2.18. The summed E-state index contributed by atoms with van der Waals surface area (Å²) >= 11 is 0. The number of para-hydroxylation sites is 1. The third-order valence-corrected chi connectivity index (χ3v) is 2.62. The first-order valence-electron chi connectivity index (χ1n) is 5.38. The van der Waals surface area contributed by atoms with Crippen molar-refractivity contribution in [2.75, 3.05) is 30.5 Å². The molecule has 1 aromatic carbocycles. The second kappa shape index (κ2) is 5.60. The number of pyridine rings is 1. The van der Waals surface area contributed by atoms with E-state index in [1.807, 2.05) is 49.3 Å². The number of anilines is 3. The maximum absolute atomic E-state index is 5.91. The molecule has 0 saturated heterocycles. The number of hydrogen-bond donors (Lipinski definition) is 2. The number of hydrogen-bond acceptors (Lipinski definition) is 4. The fraction of sp³-hybridized carbons (Fsp3) is 0.154. The van der Waals surface area contributed by atoms with Gasteiger partial charge in [-0.2, -0.15) is 0 Å². The summed E-state index contributed by atoms with van der Waals surface area (Å²) in [6.07, 6.45) is 0. The number of aromatic nitrogens is 1. The van der Waals surface area contributed by atoms with Crippen LogP contribution in [0.3, 0.4) is 0 Å². The Morgan fingerprint density at radius 3 is 2.22 bits per heavy atom. The first kappa shape index (κ1) is 14.1. The van der Waals surface area contributed by atoms with E-state index in [2.05, 4.69) is 4.98 Å². The van der Waals surface area contributed by atoms with E-state index in [0.717, 1.165) is 16.8 Å². The van der Waals surface area contributed by atoms with Gasteiger partial charge in [0.25, 0.3) is 0 Å². The highest BCUT2D eigenvalue weighted by Crippen LogP contribution is 2.32. The molecule has 18 heavy (non-hydrogen) atoms. The molecule has 0 unspecified atom stereocenters. The lowest BCUT2D eigenvalue weighted by Crippen LogP contribution is -2.10. The number of nitrogens with zero attached hydrogens (tertiary/aromatic N) is 2. The van der Waals surface area contributed by atoms with Crippen LogP contribution in [0.2, 0.25) is 0 Å². The van der Waals surface area contributed by atoms with Gasteiger partial charge in [-0.1, -0.05) is 18.2 Å². The number of nitrogens with two attached hydrogens (primary N) is 2. The van der Waals surface area contributed by atoms with Crippen molar-refractivity contribution in [1.82, 2.24) is 4.98 Å². The van der Waals surface area contributed by atoms with Crippen LogP contribution in [0.1, 0.15) is 0 Å². The SMILES string of the molecule is CN(C)c1ccccc1-c1ccc(N)nc1N.Cl. The van der Waals surface area contributed by atoms with Gasteiger partial charge < -0.3 is 16.4 Å². The van der Waals surface area contributed by atoms with Crippen LogP contribution >= 0.6 is 12.4 Å². The van der Waals surface area contributed by atoms with E-state index in [9.17, 15) is 0 Å². The fourth-order valence-electron chi connectivity index (χ4n) is 1.81. The van der Waals surface area contributed by atoms with Crippen molar-refractivity contribution >= 4 is 29.7 Å². The summed E-state index contributed by atoms with van der Waals surface area (Å²) in [7, 11) is 4.00. The summed E-state index contributed by atoms with van der Waals surface area (Å²) in [4.78, 5) is 6.13. The second-order valence-corrected chi connectivity index (χ2v) is 4.08. The van der Waals surface area contributed by atoms with E-state index in [1.54, 1.807) is 6.07 Å². The van der Waals surface area contributed by atoms with Crippen LogP contribution in [-0.2, 0) is 0 Å². The molecule has 0 radical (unpaired) electrons. The third kappa shape index (κ3) is 2.65. The lowest BCUT2D eigenvalue weighted by atomic mass is 10.0. The second-order valence-electron chi connectivity index (χ2n) is 4.08. The maximum atomic E-state index is 5.91. The van der Waals surface area contributed by atoms with Gasteiger partial charge in [-0.3, -0.25) is 0 Å². The van der Waals surface area contributed by atoms with E-state index in [4.69, 9.17) is 11.5 Å². The van der Waals surface area contributed by atoms with Gasteiger partial charge in [-0.05, 0) is 18.2 Å². The molecule has 0 atom stereocenters. The molecule has 0 fully saturated rings. The molecule has 0 amide bonds. The van der Waals surface area contributed by atoms with E-state index in [0.29, 0.717) is 11.6 Å². The van der Waals surface area contributed by atoms with Crippen LogP contribution in [0.25, 0.3) is 11.1 Å². The van der Waals surface area contributed by atoms with Gasteiger partial charge in [0.15, 0.2) is 0 Å². The van der Waals surface area contributed by atoms with Crippen LogP contribution in [0.15, 0.2) is 36.4 Å². The number of rotatable bonds is 2. The zero-order chi connectivity index (χ0) is 12.4. The van der Waals surface area contributed by atoms with E-state index in [-0.39, 0.29) is 12.4 Å². The molecule has 2 rings (SSSR count). The Bertz CT molecular complexity index is 540. The number of nitrogen functional groups attached to an aromatic ring is 2. The van der Waals surface area contributed by atoms with Crippen LogP contribution in [0, 0.1) is 0 Å². The Morgan fingerprint density at radius 2 is 1.61 bits per heavy atom. The van der Waals surface area contributed by atoms with Crippen LogP contribution < -0.4 is 16.4 Å². The smallest absolute Gasteiger partial charge is 0.133 e. The first-order chi connectivity index (χ1) is 8.09. The molecule has 2 aromatic rings. The molecule has 0 spiro atoms. The molecule has 0 aliphatic rings. The normalized spacial score (nSPS) is 9.67. The van der Waals surface area contributed by atoms with Crippen molar-refractivity contribution in [3.05, 3.63) is 36.4 Å². The Morgan fingerprint density at radius 1 is 0.944 bits per heavy atom. The zero-order valence-electron chi connectivity index (χ0n) is 10.4. The van der Waals surface area contributed by atoms with Crippen LogP contribution in [-0.4, -0.2) is 19.1 Å². The molecule has 4 nitrogen and oxygen atoms in total. The van der Waals surface area contributed by atoms with Gasteiger partial charge in [0, 0.05) is 30.9 Å². The predicted octanol–water partition coefficient (Wildman–Crippen LogP) is 2.40. The van der Waals surface area contributed by atoms with Crippen molar-refractivity contribution in [1.29, 1.82) is 0 Å². The molecule has 0 saturated carbocycles. The summed E-state index contributed by atoms with van der Waals surface area (Å²) in [5, 5.41) is 0. The van der Waals surface area contributed by atoms with Crippen molar-refractivity contribution < 1.29 is 0 Å². The molecular formula is C13H17ClN4. The molecule has 0 bridgehead atoms. The molecule has 0 aliphatic heterocycles. The largest absolute Gasteiger partial charge is 0.384 e. The zero-order valence-corrected chi connectivity index (χ0v) is 11.2. The van der Waals surface area contributed by atoms with Crippen LogP contribution in [0.5, 0.6) is 0 Å². The van der Waals surface area contributed by atoms with Gasteiger partial charge in [-0.25, -0.2) is 4.98 Å². The minimum atomic E-state index is 0. The van der Waals surface area contributed by atoms with Crippen molar-refractivity contribution in [3.63, 3.8) is 0 Å². The summed E-state index contributed by atoms with van der Waals surface area (Å²) in [5.74, 6) is 0.896. The summed E-state index contributed by atoms with van der Waals surface area (Å²) in [6, 6.07) is 11.7. The van der Waals surface area contributed by atoms with E-state index in [1.165, 1.54) is 0 Å². The average molecular weight is 265 g/mol. The molecule has 96 valence electrons. The van der Waals surface area contributed by atoms with E-state index >= 15 is 0 Å². The molecule has 5 heteroatoms. The minimum absolute atomic E-state index is 0. The Labute approximate surface area is 113 Å². The van der Waals surface area contributed by atoms with Gasteiger partial charge in [0.1, 0.15) is 11.6 Å². The van der Waals surface area contributed by atoms with Crippen molar-refractivity contribution in [2.24, 2.45) is 0 Å². The Hall–Kier alpha value is -1.94. The number of benzene rings is 1. The standard InChI is InChI=1S/C13H16N4.ClH/c1-17(2)11-6-4-3-5-9(11)10-7-8-12(14)16-13(10)15;/h3-8H,1-2H3,(H4,14,15,16);1H. The summed E-state index contributed by atoms with van der Waals surface area (Å²) < 4.78 is 0. The highest BCUT2D eigenvalue weighted by atomic mass is 35.5. The Kier molecular flexibility index (Phi) is 4.39. The summed E-state index contributed by atoms with van der Waals surface area (Å²) in [5.41, 5.74) is 14.6. The quantitative estimate of drug-likeness (QED) is 0.874. The van der Waals surface area contributed by atoms with E-state index < -0.39 is 0 Å². The minimum Gasteiger partial charge on any atom is -0.384 e. The van der Waals surface area contributed by atoms with Crippen LogP contribution in [0.4, 0.5) is 17.3 Å². The maximum Gasteiger partial charge on any atom is 0.133 e. The monoisotopic (exact) mass is 264 g/mol. The fourth-order valence-corrected chi connectivity index (χ4v) is 1.81. The lowest BCUT2D eigenvalue weighted by molar-refractivity contribution is 1.13. The number of halogens is 1. The highest BCUT2D eigenvalue weighted by molar-refractivity contribution is 5.85. The molecule has 0 aliphatic carbocycles. The van der Waals surface area contributed by atoms with Gasteiger partial charge in [0.05, 0.1) is 0 Å². The predicted molar refractivity (Wildman–Crippen MR) is 80.1 cm³/mol. The topological polar surface area (TPSA) is 68.2 Å². The van der Waals surface area contributed by atoms with Gasteiger partial charge in [0.2, 0.25) is 0 Å². The molecule has 4 N–H and O–H groups in total.